The van der Waals surface area contributed by atoms with Crippen LogP contribution in [0.4, 0.5) is 0 Å². The van der Waals surface area contributed by atoms with Gasteiger partial charge in [0.2, 0.25) is 5.76 Å². The van der Waals surface area contributed by atoms with Gasteiger partial charge in [0.15, 0.2) is 5.78 Å². The Labute approximate surface area is 128 Å². The number of hydrogen-bond donors (Lipinski definition) is 1. The van der Waals surface area contributed by atoms with Crippen LogP contribution >= 0.6 is 0 Å². The highest BCUT2D eigenvalue weighted by atomic mass is 16.5. The van der Waals surface area contributed by atoms with Gasteiger partial charge in [-0.05, 0) is 13.3 Å². The number of rotatable bonds is 13. The van der Waals surface area contributed by atoms with Gasteiger partial charge in [-0.1, -0.05) is 58.3 Å². The molecule has 0 saturated carbocycles. The molecule has 0 heterocycles. The first-order valence-corrected chi connectivity index (χ1v) is 8.22. The lowest BCUT2D eigenvalue weighted by atomic mass is 10.1. The molecule has 122 valence electrons. The molecule has 0 bridgehead atoms. The molecule has 0 aliphatic carbocycles. The number of carbonyl (C=O) groups excluding carboxylic acids is 2. The quantitative estimate of drug-likeness (QED) is 0.236. The molecule has 0 atom stereocenters. The second-order valence-electron chi connectivity index (χ2n) is 5.29. The Morgan fingerprint density at radius 3 is 1.95 bits per heavy atom. The number of carbonyl (C=O) groups is 2. The molecule has 0 rings (SSSR count). The van der Waals surface area contributed by atoms with E-state index in [-0.39, 0.29) is 12.4 Å². The first kappa shape index (κ1) is 19.7. The van der Waals surface area contributed by atoms with Crippen molar-refractivity contribution in [2.24, 2.45) is 0 Å². The molecule has 4 heteroatoms. The first-order valence-electron chi connectivity index (χ1n) is 8.22. The van der Waals surface area contributed by atoms with E-state index in [1.54, 1.807) is 6.92 Å². The molecular formula is C17H30O4. The van der Waals surface area contributed by atoms with Gasteiger partial charge >= 0.3 is 5.97 Å². The van der Waals surface area contributed by atoms with Crippen LogP contribution < -0.4 is 0 Å². The fourth-order valence-corrected chi connectivity index (χ4v) is 2.10. The van der Waals surface area contributed by atoms with Crippen molar-refractivity contribution in [3.63, 3.8) is 0 Å². The maximum atomic E-state index is 11.5. The second-order valence-corrected chi connectivity index (χ2v) is 5.29. The van der Waals surface area contributed by atoms with Gasteiger partial charge < -0.3 is 9.84 Å². The number of ketones is 1. The highest BCUT2D eigenvalue weighted by molar-refractivity contribution is 5.97. The standard InChI is InChI=1S/C17H30O4/c1-3-5-6-7-8-9-10-11-12-13-15(18)14-16(19)17(20)21-4-2/h14,19H,3-13H2,1-2H3. The molecule has 0 saturated heterocycles. The maximum Gasteiger partial charge on any atom is 0.373 e. The normalized spacial score (nSPS) is 11.4. The molecule has 0 radical (unpaired) electrons. The van der Waals surface area contributed by atoms with Crippen molar-refractivity contribution < 1.29 is 19.4 Å². The predicted octanol–water partition coefficient (Wildman–Crippen LogP) is 4.48. The van der Waals surface area contributed by atoms with E-state index >= 15 is 0 Å². The van der Waals surface area contributed by atoms with Crippen molar-refractivity contribution in [2.45, 2.75) is 78.1 Å². The monoisotopic (exact) mass is 298 g/mol. The Balaban J connectivity index is 3.57. The maximum absolute atomic E-state index is 11.5. The van der Waals surface area contributed by atoms with Crippen LogP contribution in [-0.2, 0) is 14.3 Å². The van der Waals surface area contributed by atoms with Crippen molar-refractivity contribution in [3.8, 4) is 0 Å². The lowest BCUT2D eigenvalue weighted by Crippen LogP contribution is -2.09. The number of unbranched alkanes of at least 4 members (excludes halogenated alkanes) is 8. The number of allylic oxidation sites excluding steroid dienone is 1. The molecular weight excluding hydrogens is 268 g/mol. The zero-order valence-electron chi connectivity index (χ0n) is 13.5. The zero-order valence-corrected chi connectivity index (χ0v) is 13.5. The molecule has 0 unspecified atom stereocenters. The van der Waals surface area contributed by atoms with E-state index < -0.39 is 11.7 Å². The fourth-order valence-electron chi connectivity index (χ4n) is 2.10. The molecule has 0 fully saturated rings. The Morgan fingerprint density at radius 2 is 1.43 bits per heavy atom. The first-order chi connectivity index (χ1) is 10.1. The summed E-state index contributed by atoms with van der Waals surface area (Å²) in [6, 6.07) is 0. The summed E-state index contributed by atoms with van der Waals surface area (Å²) in [6.07, 6.45) is 12.1. The lowest BCUT2D eigenvalue weighted by molar-refractivity contribution is -0.141. The van der Waals surface area contributed by atoms with Crippen LogP contribution in [0.15, 0.2) is 11.8 Å². The van der Waals surface area contributed by atoms with Crippen LogP contribution in [0.3, 0.4) is 0 Å². The number of esters is 1. The van der Waals surface area contributed by atoms with Gasteiger partial charge in [-0.3, -0.25) is 4.79 Å². The summed E-state index contributed by atoms with van der Waals surface area (Å²) in [6.45, 7) is 4.05. The van der Waals surface area contributed by atoms with Crippen LogP contribution in [-0.4, -0.2) is 23.5 Å². The van der Waals surface area contributed by atoms with Gasteiger partial charge in [-0.2, -0.15) is 0 Å². The van der Waals surface area contributed by atoms with E-state index in [1.165, 1.54) is 38.5 Å². The van der Waals surface area contributed by atoms with Crippen LogP contribution in [0.25, 0.3) is 0 Å². The summed E-state index contributed by atoms with van der Waals surface area (Å²) in [5, 5.41) is 9.33. The minimum atomic E-state index is -0.835. The van der Waals surface area contributed by atoms with E-state index in [0.29, 0.717) is 6.42 Å². The lowest BCUT2D eigenvalue weighted by Gasteiger charge is -2.02. The van der Waals surface area contributed by atoms with E-state index in [2.05, 4.69) is 11.7 Å². The molecule has 0 aromatic heterocycles. The fraction of sp³-hybridized carbons (Fsp3) is 0.765. The highest BCUT2D eigenvalue weighted by Crippen LogP contribution is 2.11. The Bertz CT molecular complexity index is 321. The van der Waals surface area contributed by atoms with Crippen LogP contribution in [0, 0.1) is 0 Å². The molecule has 0 aromatic rings. The number of hydrogen-bond acceptors (Lipinski definition) is 4. The van der Waals surface area contributed by atoms with E-state index in [4.69, 9.17) is 0 Å². The number of ether oxygens (including phenoxy) is 1. The largest absolute Gasteiger partial charge is 0.502 e. The van der Waals surface area contributed by atoms with Gasteiger partial charge in [0.25, 0.3) is 0 Å². The van der Waals surface area contributed by atoms with E-state index in [1.807, 2.05) is 0 Å². The average Bonchev–Trinajstić information content (AvgIpc) is 2.45. The summed E-state index contributed by atoms with van der Waals surface area (Å²) in [7, 11) is 0. The molecule has 0 aliphatic heterocycles. The van der Waals surface area contributed by atoms with Crippen LogP contribution in [0.2, 0.25) is 0 Å². The van der Waals surface area contributed by atoms with Crippen molar-refractivity contribution in [1.29, 1.82) is 0 Å². The van der Waals surface area contributed by atoms with Crippen LogP contribution in [0.5, 0.6) is 0 Å². The Hall–Kier alpha value is -1.32. The zero-order chi connectivity index (χ0) is 15.9. The predicted molar refractivity (Wildman–Crippen MR) is 84.2 cm³/mol. The molecule has 21 heavy (non-hydrogen) atoms. The molecule has 4 nitrogen and oxygen atoms in total. The third-order valence-electron chi connectivity index (χ3n) is 3.31. The van der Waals surface area contributed by atoms with Gasteiger partial charge in [0.1, 0.15) is 0 Å². The minimum absolute atomic E-state index is 0.184. The average molecular weight is 298 g/mol. The third-order valence-corrected chi connectivity index (χ3v) is 3.31. The van der Waals surface area contributed by atoms with Gasteiger partial charge in [0.05, 0.1) is 6.61 Å². The van der Waals surface area contributed by atoms with E-state index in [0.717, 1.165) is 25.3 Å². The molecule has 0 aromatic carbocycles. The Morgan fingerprint density at radius 1 is 0.905 bits per heavy atom. The smallest absolute Gasteiger partial charge is 0.373 e. The summed E-state index contributed by atoms with van der Waals surface area (Å²) in [4.78, 5) is 22.6. The van der Waals surface area contributed by atoms with E-state index in [9.17, 15) is 14.7 Å². The summed E-state index contributed by atoms with van der Waals surface area (Å²) in [5.74, 6) is -1.65. The summed E-state index contributed by atoms with van der Waals surface area (Å²) < 4.78 is 4.59. The number of aliphatic hydroxyl groups excluding tert-OH is 1. The third kappa shape index (κ3) is 12.2. The van der Waals surface area contributed by atoms with Crippen molar-refractivity contribution >= 4 is 11.8 Å². The number of aliphatic hydroxyl groups is 1. The summed E-state index contributed by atoms with van der Waals surface area (Å²) >= 11 is 0. The minimum Gasteiger partial charge on any atom is -0.502 e. The van der Waals surface area contributed by atoms with Crippen molar-refractivity contribution in [1.82, 2.24) is 0 Å². The summed E-state index contributed by atoms with van der Waals surface area (Å²) in [5.41, 5.74) is 0. The van der Waals surface area contributed by atoms with Crippen molar-refractivity contribution in [2.75, 3.05) is 6.61 Å². The SMILES string of the molecule is CCCCCCCCCCCC(=O)C=C(O)C(=O)OCC. The van der Waals surface area contributed by atoms with Gasteiger partial charge in [-0.25, -0.2) is 4.79 Å². The molecule has 0 spiro atoms. The van der Waals surface area contributed by atoms with Crippen molar-refractivity contribution in [3.05, 3.63) is 11.8 Å². The Kier molecular flexibility index (Phi) is 12.8. The van der Waals surface area contributed by atoms with Gasteiger partial charge in [-0.15, -0.1) is 0 Å². The highest BCUT2D eigenvalue weighted by Gasteiger charge is 2.10. The molecule has 1 N–H and O–H groups in total. The second kappa shape index (κ2) is 13.7. The molecule has 0 amide bonds. The molecule has 0 aliphatic rings. The topological polar surface area (TPSA) is 63.6 Å². The van der Waals surface area contributed by atoms with Gasteiger partial charge in [0, 0.05) is 12.5 Å². The van der Waals surface area contributed by atoms with Crippen LogP contribution in [0.1, 0.15) is 78.1 Å².